The predicted octanol–water partition coefficient (Wildman–Crippen LogP) is 4.19. The molecule has 2 N–H and O–H groups in total. The summed E-state index contributed by atoms with van der Waals surface area (Å²) in [5.41, 5.74) is 4.70. The second-order valence-corrected chi connectivity index (χ2v) is 8.34. The molecule has 1 atom stereocenters. The number of hydrogen-bond donors (Lipinski definition) is 2. The van der Waals surface area contributed by atoms with E-state index in [9.17, 15) is 9.59 Å². The Balaban J connectivity index is 1.59. The largest absolute Gasteiger partial charge is 0.497 e. The highest BCUT2D eigenvalue weighted by atomic mass is 16.5. The Morgan fingerprint density at radius 1 is 0.917 bits per heavy atom. The van der Waals surface area contributed by atoms with E-state index >= 15 is 0 Å². The molecule has 0 heterocycles. The molecule has 3 rings (SSSR count). The lowest BCUT2D eigenvalue weighted by atomic mass is 10.0. The van der Waals surface area contributed by atoms with Gasteiger partial charge in [-0.25, -0.2) is 5.43 Å². The SMILES string of the molecule is COc1ccc(C(=O)NC(C(=O)NN=Cc2ccc(OCc3ccccc3)c(OC)c2)C(C)C)cc1. The number of benzene rings is 3. The van der Waals surface area contributed by atoms with Gasteiger partial charge in [0.25, 0.3) is 11.8 Å². The molecule has 0 saturated heterocycles. The highest BCUT2D eigenvalue weighted by molar-refractivity contribution is 5.97. The van der Waals surface area contributed by atoms with E-state index in [0.717, 1.165) is 5.56 Å². The Kier molecular flexibility index (Phi) is 9.45. The summed E-state index contributed by atoms with van der Waals surface area (Å²) in [7, 11) is 3.12. The van der Waals surface area contributed by atoms with Gasteiger partial charge in [0.2, 0.25) is 0 Å². The molecule has 0 radical (unpaired) electrons. The minimum Gasteiger partial charge on any atom is -0.497 e. The van der Waals surface area contributed by atoms with Gasteiger partial charge in [-0.05, 0) is 59.5 Å². The van der Waals surface area contributed by atoms with Gasteiger partial charge in [0, 0.05) is 5.56 Å². The number of nitrogens with one attached hydrogen (secondary N) is 2. The van der Waals surface area contributed by atoms with Gasteiger partial charge in [-0.3, -0.25) is 9.59 Å². The molecule has 0 saturated carbocycles. The van der Waals surface area contributed by atoms with Crippen LogP contribution in [-0.4, -0.2) is 38.3 Å². The maximum Gasteiger partial charge on any atom is 0.262 e. The van der Waals surface area contributed by atoms with Crippen LogP contribution in [0.25, 0.3) is 0 Å². The van der Waals surface area contributed by atoms with Crippen molar-refractivity contribution >= 4 is 18.0 Å². The van der Waals surface area contributed by atoms with Crippen molar-refractivity contribution in [1.82, 2.24) is 10.7 Å². The molecule has 8 nitrogen and oxygen atoms in total. The Morgan fingerprint density at radius 2 is 1.64 bits per heavy atom. The van der Waals surface area contributed by atoms with Crippen molar-refractivity contribution in [1.29, 1.82) is 0 Å². The zero-order chi connectivity index (χ0) is 25.9. The summed E-state index contributed by atoms with van der Waals surface area (Å²) in [6, 6.07) is 21.1. The Labute approximate surface area is 211 Å². The Bertz CT molecular complexity index is 1180. The number of hydrazone groups is 1. The molecule has 0 aromatic heterocycles. The van der Waals surface area contributed by atoms with E-state index in [1.165, 1.54) is 6.21 Å². The molecule has 188 valence electrons. The van der Waals surface area contributed by atoms with Crippen LogP contribution in [0.2, 0.25) is 0 Å². The van der Waals surface area contributed by atoms with Gasteiger partial charge in [-0.15, -0.1) is 0 Å². The monoisotopic (exact) mass is 489 g/mol. The van der Waals surface area contributed by atoms with Crippen molar-refractivity contribution in [2.75, 3.05) is 14.2 Å². The average molecular weight is 490 g/mol. The number of amides is 2. The minimum atomic E-state index is -0.764. The van der Waals surface area contributed by atoms with Crippen LogP contribution in [0, 0.1) is 5.92 Å². The molecule has 0 fully saturated rings. The van der Waals surface area contributed by atoms with Crippen LogP contribution in [0.5, 0.6) is 17.2 Å². The second kappa shape index (κ2) is 12.9. The number of nitrogens with zero attached hydrogens (tertiary/aromatic N) is 1. The standard InChI is InChI=1S/C28H31N3O5/c1-19(2)26(30-27(32)22-11-13-23(34-3)14-12-22)28(33)31-29-17-21-10-15-24(25(16-21)35-4)36-18-20-8-6-5-7-9-20/h5-17,19,26H,18H2,1-4H3,(H,30,32)(H,31,33). The third kappa shape index (κ3) is 7.33. The summed E-state index contributed by atoms with van der Waals surface area (Å²) < 4.78 is 16.4. The lowest BCUT2D eigenvalue weighted by Gasteiger charge is -2.20. The smallest absolute Gasteiger partial charge is 0.262 e. The molecule has 0 aliphatic rings. The number of hydrogen-bond acceptors (Lipinski definition) is 6. The maximum absolute atomic E-state index is 12.7. The normalized spacial score (nSPS) is 11.7. The molecule has 0 spiro atoms. The van der Waals surface area contributed by atoms with Crippen LogP contribution < -0.4 is 25.0 Å². The number of carbonyl (C=O) groups excluding carboxylic acids is 2. The molecule has 0 aliphatic heterocycles. The fraction of sp³-hybridized carbons (Fsp3) is 0.250. The lowest BCUT2D eigenvalue weighted by molar-refractivity contribution is -0.123. The topological polar surface area (TPSA) is 98.2 Å². The number of rotatable bonds is 11. The van der Waals surface area contributed by atoms with Crippen LogP contribution in [0.4, 0.5) is 0 Å². The van der Waals surface area contributed by atoms with Crippen molar-refractivity contribution < 1.29 is 23.8 Å². The van der Waals surface area contributed by atoms with E-state index in [-0.39, 0.29) is 11.8 Å². The molecule has 0 aliphatic carbocycles. The quantitative estimate of drug-likeness (QED) is 0.311. The fourth-order valence-electron chi connectivity index (χ4n) is 3.36. The fourth-order valence-corrected chi connectivity index (χ4v) is 3.36. The zero-order valence-electron chi connectivity index (χ0n) is 20.9. The molecular formula is C28H31N3O5. The van der Waals surface area contributed by atoms with Gasteiger partial charge in [0.15, 0.2) is 11.5 Å². The molecule has 0 bridgehead atoms. The van der Waals surface area contributed by atoms with Crippen molar-refractivity contribution in [2.24, 2.45) is 11.0 Å². The van der Waals surface area contributed by atoms with Gasteiger partial charge in [-0.1, -0.05) is 44.2 Å². The van der Waals surface area contributed by atoms with Crippen LogP contribution in [0.3, 0.4) is 0 Å². The average Bonchev–Trinajstić information content (AvgIpc) is 2.91. The number of carbonyl (C=O) groups is 2. The van der Waals surface area contributed by atoms with Crippen LogP contribution >= 0.6 is 0 Å². The molecule has 2 amide bonds. The predicted molar refractivity (Wildman–Crippen MR) is 139 cm³/mol. The molecule has 3 aromatic carbocycles. The summed E-state index contributed by atoms with van der Waals surface area (Å²) in [4.78, 5) is 25.3. The first kappa shape index (κ1) is 26.3. The van der Waals surface area contributed by atoms with Crippen molar-refractivity contribution in [3.8, 4) is 17.2 Å². The zero-order valence-corrected chi connectivity index (χ0v) is 20.9. The first-order valence-corrected chi connectivity index (χ1v) is 11.5. The van der Waals surface area contributed by atoms with Crippen LogP contribution in [0.1, 0.15) is 35.3 Å². The van der Waals surface area contributed by atoms with Crippen LogP contribution in [-0.2, 0) is 11.4 Å². The minimum absolute atomic E-state index is 0.150. The summed E-state index contributed by atoms with van der Waals surface area (Å²) in [5.74, 6) is 0.871. The van der Waals surface area contributed by atoms with E-state index in [0.29, 0.717) is 35.0 Å². The Hall–Kier alpha value is -4.33. The summed E-state index contributed by atoms with van der Waals surface area (Å²) >= 11 is 0. The number of ether oxygens (including phenoxy) is 3. The number of methoxy groups -OCH3 is 2. The molecule has 1 unspecified atom stereocenters. The van der Waals surface area contributed by atoms with Crippen LogP contribution in [0.15, 0.2) is 77.9 Å². The van der Waals surface area contributed by atoms with Gasteiger partial charge in [0.05, 0.1) is 20.4 Å². The van der Waals surface area contributed by atoms with E-state index in [2.05, 4.69) is 15.8 Å². The third-order valence-electron chi connectivity index (χ3n) is 5.40. The highest BCUT2D eigenvalue weighted by Crippen LogP contribution is 2.28. The first-order chi connectivity index (χ1) is 17.4. The van der Waals surface area contributed by atoms with E-state index in [1.807, 2.05) is 50.2 Å². The van der Waals surface area contributed by atoms with Gasteiger partial charge in [-0.2, -0.15) is 5.10 Å². The van der Waals surface area contributed by atoms with E-state index in [1.54, 1.807) is 50.6 Å². The maximum atomic E-state index is 12.7. The third-order valence-corrected chi connectivity index (χ3v) is 5.40. The van der Waals surface area contributed by atoms with Crippen molar-refractivity contribution in [2.45, 2.75) is 26.5 Å². The highest BCUT2D eigenvalue weighted by Gasteiger charge is 2.24. The second-order valence-electron chi connectivity index (χ2n) is 8.34. The van der Waals surface area contributed by atoms with Gasteiger partial charge in [0.1, 0.15) is 18.4 Å². The molecule has 36 heavy (non-hydrogen) atoms. The first-order valence-electron chi connectivity index (χ1n) is 11.5. The van der Waals surface area contributed by atoms with Gasteiger partial charge >= 0.3 is 0 Å². The van der Waals surface area contributed by atoms with E-state index in [4.69, 9.17) is 14.2 Å². The van der Waals surface area contributed by atoms with E-state index < -0.39 is 11.9 Å². The van der Waals surface area contributed by atoms with Gasteiger partial charge < -0.3 is 19.5 Å². The Morgan fingerprint density at radius 3 is 2.28 bits per heavy atom. The summed E-state index contributed by atoms with van der Waals surface area (Å²) in [5, 5.41) is 6.83. The van der Waals surface area contributed by atoms with Crippen molar-refractivity contribution in [3.63, 3.8) is 0 Å². The lowest BCUT2D eigenvalue weighted by Crippen LogP contribution is -2.48. The molecule has 8 heteroatoms. The summed E-state index contributed by atoms with van der Waals surface area (Å²) in [6.07, 6.45) is 1.50. The van der Waals surface area contributed by atoms with Crippen molar-refractivity contribution in [3.05, 3.63) is 89.5 Å². The summed E-state index contributed by atoms with van der Waals surface area (Å²) in [6.45, 7) is 4.11. The molecule has 3 aromatic rings. The molecular weight excluding hydrogens is 458 g/mol.